The molecule has 0 amide bonds. The second-order valence-electron chi connectivity index (χ2n) is 7.09. The lowest BCUT2D eigenvalue weighted by atomic mass is 9.73. The molecule has 2 aliphatic rings. The predicted molar refractivity (Wildman–Crippen MR) is 76.0 cm³/mol. The maximum absolute atomic E-state index is 12.4. The molecule has 0 aromatic carbocycles. The molecule has 4 atom stereocenters. The van der Waals surface area contributed by atoms with E-state index in [1.165, 1.54) is 13.8 Å². The Morgan fingerprint density at radius 1 is 0.864 bits per heavy atom. The third-order valence-electron chi connectivity index (χ3n) is 4.66. The Morgan fingerprint density at radius 2 is 1.18 bits per heavy atom. The zero-order valence-electron chi connectivity index (χ0n) is 13.4. The number of aliphatic hydroxyl groups is 2. The summed E-state index contributed by atoms with van der Waals surface area (Å²) in [6.45, 7) is 5.91. The molecule has 2 heterocycles. The molecule has 8 nitrogen and oxygen atoms in total. The Bertz CT molecular complexity index is 456. The van der Waals surface area contributed by atoms with E-state index in [1.54, 1.807) is 13.8 Å². The SMILES string of the molecule is C[C@@]1(CO)COC(=O)[C@@](C)([C@]2(C)N[C@](C)(CO)COC2=O)N1. The average Bonchev–Trinajstić information content (AvgIpc) is 2.48. The van der Waals surface area contributed by atoms with E-state index in [0.717, 1.165) is 0 Å². The van der Waals surface area contributed by atoms with E-state index < -0.39 is 34.1 Å². The second kappa shape index (κ2) is 5.16. The monoisotopic (exact) mass is 316 g/mol. The number of cyclic esters (lactones) is 2. The van der Waals surface area contributed by atoms with E-state index in [-0.39, 0.29) is 26.4 Å². The van der Waals surface area contributed by atoms with Crippen molar-refractivity contribution in [2.24, 2.45) is 0 Å². The molecule has 0 saturated carbocycles. The van der Waals surface area contributed by atoms with Gasteiger partial charge in [-0.05, 0) is 27.7 Å². The Balaban J connectivity index is 2.44. The molecular formula is C14H24N2O6. The molecule has 2 fully saturated rings. The molecule has 4 N–H and O–H groups in total. The van der Waals surface area contributed by atoms with E-state index in [0.29, 0.717) is 0 Å². The summed E-state index contributed by atoms with van der Waals surface area (Å²) in [5.74, 6) is -1.24. The number of carbonyl (C=O) groups is 2. The van der Waals surface area contributed by atoms with Gasteiger partial charge in [-0.1, -0.05) is 0 Å². The Hall–Kier alpha value is -1.22. The van der Waals surface area contributed by atoms with Crippen LogP contribution in [-0.4, -0.2) is 70.7 Å². The highest BCUT2D eigenvalue weighted by Crippen LogP contribution is 2.35. The maximum Gasteiger partial charge on any atom is 0.328 e. The molecule has 0 bridgehead atoms. The highest BCUT2D eigenvalue weighted by Gasteiger charge is 2.64. The second-order valence-corrected chi connectivity index (χ2v) is 7.09. The van der Waals surface area contributed by atoms with Crippen LogP contribution in [-0.2, 0) is 19.1 Å². The van der Waals surface area contributed by atoms with Crippen LogP contribution in [0.4, 0.5) is 0 Å². The minimum Gasteiger partial charge on any atom is -0.462 e. The number of morpholine rings is 2. The van der Waals surface area contributed by atoms with Crippen LogP contribution in [0.3, 0.4) is 0 Å². The lowest BCUT2D eigenvalue weighted by Gasteiger charge is -2.54. The molecule has 126 valence electrons. The molecule has 2 rings (SSSR count). The van der Waals surface area contributed by atoms with Crippen molar-refractivity contribution in [3.63, 3.8) is 0 Å². The van der Waals surface area contributed by atoms with Gasteiger partial charge in [0.1, 0.15) is 24.3 Å². The van der Waals surface area contributed by atoms with E-state index in [2.05, 4.69) is 10.6 Å². The first-order valence-electron chi connectivity index (χ1n) is 7.19. The van der Waals surface area contributed by atoms with Crippen LogP contribution in [0.2, 0.25) is 0 Å². The minimum atomic E-state index is -1.46. The van der Waals surface area contributed by atoms with Gasteiger partial charge >= 0.3 is 11.9 Å². The maximum atomic E-state index is 12.4. The minimum absolute atomic E-state index is 0.000316. The number of carbonyl (C=O) groups excluding carboxylic acids is 2. The fourth-order valence-electron chi connectivity index (χ4n) is 2.95. The number of esters is 2. The van der Waals surface area contributed by atoms with Crippen LogP contribution in [0.15, 0.2) is 0 Å². The van der Waals surface area contributed by atoms with Crippen molar-refractivity contribution in [1.82, 2.24) is 10.6 Å². The molecule has 0 aliphatic carbocycles. The smallest absolute Gasteiger partial charge is 0.328 e. The highest BCUT2D eigenvalue weighted by atomic mass is 16.6. The zero-order valence-corrected chi connectivity index (χ0v) is 13.4. The summed E-state index contributed by atoms with van der Waals surface area (Å²) in [6, 6.07) is 0. The molecule has 0 unspecified atom stereocenters. The van der Waals surface area contributed by atoms with Gasteiger partial charge in [0.15, 0.2) is 0 Å². The standard InChI is InChI=1S/C14H24N2O6/c1-11(5-17)7-21-9(19)13(3,15-11)14(4)10(20)22-8-12(2,6-18)16-14/h15-18H,5-8H2,1-4H3/t11-,12-,13-,14+/m1/s1. The van der Waals surface area contributed by atoms with Gasteiger partial charge in [-0.15, -0.1) is 0 Å². The highest BCUT2D eigenvalue weighted by molar-refractivity contribution is 5.95. The van der Waals surface area contributed by atoms with Gasteiger partial charge in [-0.25, -0.2) is 9.59 Å². The number of aliphatic hydroxyl groups excluding tert-OH is 2. The van der Waals surface area contributed by atoms with Gasteiger partial charge in [0.2, 0.25) is 0 Å². The Labute approximate surface area is 129 Å². The molecular weight excluding hydrogens is 292 g/mol. The molecule has 2 aliphatic heterocycles. The number of hydrogen-bond acceptors (Lipinski definition) is 8. The first kappa shape index (κ1) is 17.1. The third kappa shape index (κ3) is 2.40. The summed E-state index contributed by atoms with van der Waals surface area (Å²) in [6.07, 6.45) is 0. The summed E-state index contributed by atoms with van der Waals surface area (Å²) < 4.78 is 10.4. The van der Waals surface area contributed by atoms with Crippen molar-refractivity contribution in [3.05, 3.63) is 0 Å². The summed E-state index contributed by atoms with van der Waals surface area (Å²) >= 11 is 0. The number of rotatable bonds is 3. The quantitative estimate of drug-likeness (QED) is 0.455. The normalized spacial score (nSPS) is 46.1. The third-order valence-corrected chi connectivity index (χ3v) is 4.66. The summed E-state index contributed by atoms with van der Waals surface area (Å²) in [4.78, 5) is 24.8. The fourth-order valence-corrected chi connectivity index (χ4v) is 2.95. The zero-order chi connectivity index (χ0) is 16.8. The van der Waals surface area contributed by atoms with Crippen molar-refractivity contribution in [2.75, 3.05) is 26.4 Å². The van der Waals surface area contributed by atoms with Crippen LogP contribution in [0.5, 0.6) is 0 Å². The Morgan fingerprint density at radius 3 is 1.45 bits per heavy atom. The summed E-state index contributed by atoms with van der Waals surface area (Å²) in [5.41, 5.74) is -4.67. The van der Waals surface area contributed by atoms with E-state index in [9.17, 15) is 19.8 Å². The van der Waals surface area contributed by atoms with Gasteiger partial charge in [-0.2, -0.15) is 0 Å². The van der Waals surface area contributed by atoms with Crippen molar-refractivity contribution in [2.45, 2.75) is 49.9 Å². The summed E-state index contributed by atoms with van der Waals surface area (Å²) in [5, 5.41) is 25.1. The molecule has 0 aromatic rings. The van der Waals surface area contributed by atoms with Gasteiger partial charge < -0.3 is 19.7 Å². The summed E-state index contributed by atoms with van der Waals surface area (Å²) in [7, 11) is 0. The first-order chi connectivity index (χ1) is 10.0. The van der Waals surface area contributed by atoms with E-state index in [1.807, 2.05) is 0 Å². The largest absolute Gasteiger partial charge is 0.462 e. The van der Waals surface area contributed by atoms with Crippen LogP contribution < -0.4 is 10.6 Å². The lowest BCUT2D eigenvalue weighted by molar-refractivity contribution is -0.187. The number of nitrogens with one attached hydrogen (secondary N) is 2. The van der Waals surface area contributed by atoms with Gasteiger partial charge in [0.25, 0.3) is 0 Å². The predicted octanol–water partition coefficient (Wildman–Crippen LogP) is -1.70. The number of hydrogen-bond donors (Lipinski definition) is 4. The van der Waals surface area contributed by atoms with Crippen LogP contribution in [0.1, 0.15) is 27.7 Å². The van der Waals surface area contributed by atoms with Crippen molar-refractivity contribution >= 4 is 11.9 Å². The van der Waals surface area contributed by atoms with E-state index in [4.69, 9.17) is 9.47 Å². The molecule has 8 heteroatoms. The van der Waals surface area contributed by atoms with E-state index >= 15 is 0 Å². The number of ether oxygens (including phenoxy) is 2. The molecule has 2 saturated heterocycles. The van der Waals surface area contributed by atoms with Crippen LogP contribution in [0.25, 0.3) is 0 Å². The first-order valence-corrected chi connectivity index (χ1v) is 7.19. The average molecular weight is 316 g/mol. The lowest BCUT2D eigenvalue weighted by Crippen LogP contribution is -2.84. The van der Waals surface area contributed by atoms with Crippen molar-refractivity contribution < 1.29 is 29.3 Å². The molecule has 0 spiro atoms. The van der Waals surface area contributed by atoms with Gasteiger partial charge in [0.05, 0.1) is 24.3 Å². The van der Waals surface area contributed by atoms with Gasteiger partial charge in [0, 0.05) is 0 Å². The van der Waals surface area contributed by atoms with Crippen LogP contribution >= 0.6 is 0 Å². The van der Waals surface area contributed by atoms with Gasteiger partial charge in [-0.3, -0.25) is 10.6 Å². The molecule has 0 aromatic heterocycles. The van der Waals surface area contributed by atoms with Crippen molar-refractivity contribution in [3.8, 4) is 0 Å². The topological polar surface area (TPSA) is 117 Å². The van der Waals surface area contributed by atoms with Crippen molar-refractivity contribution in [1.29, 1.82) is 0 Å². The molecule has 22 heavy (non-hydrogen) atoms. The van der Waals surface area contributed by atoms with Crippen LogP contribution in [0, 0.1) is 0 Å². The fraction of sp³-hybridized carbons (Fsp3) is 0.857. The molecule has 0 radical (unpaired) electrons. The Kier molecular flexibility index (Phi) is 4.02.